The summed E-state index contributed by atoms with van der Waals surface area (Å²) in [5.74, 6) is 0.253. The molecule has 0 unspecified atom stereocenters. The first-order chi connectivity index (χ1) is 9.29. The van der Waals surface area contributed by atoms with Crippen LogP contribution in [-0.4, -0.2) is 13.4 Å². The second-order valence-electron chi connectivity index (χ2n) is 4.53. The molecule has 0 amide bonds. The maximum absolute atomic E-state index is 12.3. The monoisotopic (exact) mass is 375 g/mol. The Morgan fingerprint density at radius 2 is 2.10 bits per heavy atom. The number of sulfonamides is 1. The van der Waals surface area contributed by atoms with Gasteiger partial charge in [0.25, 0.3) is 10.0 Å². The van der Waals surface area contributed by atoms with Gasteiger partial charge in [0, 0.05) is 15.5 Å². The molecule has 0 spiro atoms. The zero-order valence-corrected chi connectivity index (χ0v) is 14.1. The van der Waals surface area contributed by atoms with Gasteiger partial charge in [-0.1, -0.05) is 13.8 Å². The number of anilines is 2. The first kappa shape index (κ1) is 15.3. The molecule has 0 aliphatic rings. The van der Waals surface area contributed by atoms with Crippen LogP contribution in [0.15, 0.2) is 32.9 Å². The van der Waals surface area contributed by atoms with E-state index >= 15 is 0 Å². The number of nitrogen functional groups attached to an aromatic ring is 1. The van der Waals surface area contributed by atoms with Crippen LogP contribution in [0.4, 0.5) is 10.8 Å². The Kier molecular flexibility index (Phi) is 4.36. The number of hydrogen-bond acceptors (Lipinski definition) is 5. The Labute approximate surface area is 130 Å². The molecule has 0 radical (unpaired) electrons. The van der Waals surface area contributed by atoms with E-state index in [4.69, 9.17) is 5.73 Å². The van der Waals surface area contributed by atoms with Gasteiger partial charge in [0.15, 0.2) is 5.13 Å². The van der Waals surface area contributed by atoms with E-state index in [9.17, 15) is 8.42 Å². The van der Waals surface area contributed by atoms with Gasteiger partial charge in [0.2, 0.25) is 0 Å². The SMILES string of the molecule is CC(C)c1csc(NS(=O)(=O)c2cc(N)ccc2Br)n1. The molecule has 20 heavy (non-hydrogen) atoms. The molecule has 0 saturated carbocycles. The molecule has 0 aliphatic carbocycles. The second kappa shape index (κ2) is 5.71. The number of nitrogens with two attached hydrogens (primary N) is 1. The van der Waals surface area contributed by atoms with Crippen molar-refractivity contribution in [2.24, 2.45) is 0 Å². The molecule has 5 nitrogen and oxygen atoms in total. The molecule has 0 fully saturated rings. The van der Waals surface area contributed by atoms with Crippen molar-refractivity contribution in [3.05, 3.63) is 33.7 Å². The molecular weight excluding hydrogens is 362 g/mol. The Balaban J connectivity index is 2.33. The lowest BCUT2D eigenvalue weighted by Crippen LogP contribution is -2.14. The van der Waals surface area contributed by atoms with Crippen LogP contribution in [0.25, 0.3) is 0 Å². The van der Waals surface area contributed by atoms with Gasteiger partial charge in [0.05, 0.1) is 5.69 Å². The highest BCUT2D eigenvalue weighted by Crippen LogP contribution is 2.28. The van der Waals surface area contributed by atoms with Gasteiger partial charge < -0.3 is 5.73 Å². The van der Waals surface area contributed by atoms with E-state index < -0.39 is 10.0 Å². The highest BCUT2D eigenvalue weighted by Gasteiger charge is 2.20. The number of benzene rings is 1. The van der Waals surface area contributed by atoms with Crippen LogP contribution in [0.3, 0.4) is 0 Å². The van der Waals surface area contributed by atoms with Crippen LogP contribution in [-0.2, 0) is 10.0 Å². The topological polar surface area (TPSA) is 85.1 Å². The van der Waals surface area contributed by atoms with Crippen molar-refractivity contribution in [1.29, 1.82) is 0 Å². The lowest BCUT2D eigenvalue weighted by atomic mass is 10.2. The fraction of sp³-hybridized carbons (Fsp3) is 0.250. The summed E-state index contributed by atoms with van der Waals surface area (Å²) in [5, 5.41) is 2.19. The van der Waals surface area contributed by atoms with E-state index in [1.807, 2.05) is 19.2 Å². The van der Waals surface area contributed by atoms with E-state index in [-0.39, 0.29) is 10.8 Å². The third-order valence-corrected chi connectivity index (χ3v) is 5.82. The average Bonchev–Trinajstić information content (AvgIpc) is 2.80. The van der Waals surface area contributed by atoms with Crippen molar-refractivity contribution in [1.82, 2.24) is 4.98 Å². The third kappa shape index (κ3) is 3.31. The molecule has 2 rings (SSSR count). The smallest absolute Gasteiger partial charge is 0.264 e. The van der Waals surface area contributed by atoms with E-state index in [0.29, 0.717) is 15.3 Å². The molecule has 108 valence electrons. The molecule has 0 atom stereocenters. The first-order valence-corrected chi connectivity index (χ1v) is 8.98. The lowest BCUT2D eigenvalue weighted by Gasteiger charge is -2.08. The maximum atomic E-state index is 12.3. The third-order valence-electron chi connectivity index (χ3n) is 2.58. The van der Waals surface area contributed by atoms with Gasteiger partial charge in [-0.2, -0.15) is 0 Å². The van der Waals surface area contributed by atoms with Crippen LogP contribution >= 0.6 is 27.3 Å². The van der Waals surface area contributed by atoms with Gasteiger partial charge in [-0.05, 0) is 40.0 Å². The Morgan fingerprint density at radius 1 is 1.40 bits per heavy atom. The summed E-state index contributed by atoms with van der Waals surface area (Å²) in [4.78, 5) is 4.35. The van der Waals surface area contributed by atoms with E-state index in [2.05, 4.69) is 25.6 Å². The van der Waals surface area contributed by atoms with Crippen LogP contribution in [0.1, 0.15) is 25.5 Å². The Bertz CT molecular complexity index is 726. The van der Waals surface area contributed by atoms with Crippen LogP contribution in [0.5, 0.6) is 0 Å². The van der Waals surface area contributed by atoms with Crippen molar-refractivity contribution < 1.29 is 8.42 Å². The van der Waals surface area contributed by atoms with Gasteiger partial charge in [-0.15, -0.1) is 11.3 Å². The minimum absolute atomic E-state index is 0.0961. The predicted molar refractivity (Wildman–Crippen MR) is 85.6 cm³/mol. The summed E-state index contributed by atoms with van der Waals surface area (Å²) >= 11 is 4.48. The molecule has 1 heterocycles. The van der Waals surface area contributed by atoms with Gasteiger partial charge in [-0.3, -0.25) is 4.72 Å². The number of thiazole rings is 1. The number of halogens is 1. The number of hydrogen-bond donors (Lipinski definition) is 2. The van der Waals surface area contributed by atoms with Crippen molar-refractivity contribution in [3.63, 3.8) is 0 Å². The van der Waals surface area contributed by atoms with Crippen LogP contribution in [0, 0.1) is 0 Å². The predicted octanol–water partition coefficient (Wildman–Crippen LogP) is 3.41. The normalized spacial score (nSPS) is 11.8. The Hall–Kier alpha value is -1.12. The average molecular weight is 376 g/mol. The summed E-state index contributed by atoms with van der Waals surface area (Å²) < 4.78 is 27.6. The van der Waals surface area contributed by atoms with Crippen molar-refractivity contribution in [3.8, 4) is 0 Å². The van der Waals surface area contributed by atoms with E-state index in [1.165, 1.54) is 17.4 Å². The zero-order valence-electron chi connectivity index (χ0n) is 10.9. The number of rotatable bonds is 4. The number of nitrogens with zero attached hydrogens (tertiary/aromatic N) is 1. The largest absolute Gasteiger partial charge is 0.399 e. The molecule has 0 aliphatic heterocycles. The fourth-order valence-corrected chi connectivity index (χ4v) is 4.62. The van der Waals surface area contributed by atoms with Crippen molar-refractivity contribution in [2.75, 3.05) is 10.5 Å². The minimum Gasteiger partial charge on any atom is -0.399 e. The molecule has 0 saturated heterocycles. The highest BCUT2D eigenvalue weighted by molar-refractivity contribution is 9.10. The molecule has 1 aromatic carbocycles. The maximum Gasteiger partial charge on any atom is 0.264 e. The summed E-state index contributed by atoms with van der Waals surface area (Å²) in [6.07, 6.45) is 0. The lowest BCUT2D eigenvalue weighted by molar-refractivity contribution is 0.600. The quantitative estimate of drug-likeness (QED) is 0.801. The summed E-state index contributed by atoms with van der Waals surface area (Å²) in [7, 11) is -3.71. The summed E-state index contributed by atoms with van der Waals surface area (Å²) in [5.41, 5.74) is 6.88. The highest BCUT2D eigenvalue weighted by atomic mass is 79.9. The number of nitrogens with one attached hydrogen (secondary N) is 1. The van der Waals surface area contributed by atoms with E-state index in [1.54, 1.807) is 12.1 Å². The summed E-state index contributed by atoms with van der Waals surface area (Å²) in [6, 6.07) is 4.64. The van der Waals surface area contributed by atoms with Crippen molar-refractivity contribution >= 4 is 48.1 Å². The van der Waals surface area contributed by atoms with E-state index in [0.717, 1.165) is 5.69 Å². The van der Waals surface area contributed by atoms with Gasteiger partial charge in [-0.25, -0.2) is 13.4 Å². The van der Waals surface area contributed by atoms with Crippen LogP contribution < -0.4 is 10.5 Å². The standard InChI is InChI=1S/C12H14BrN3O2S2/c1-7(2)10-6-19-12(15-10)16-20(17,18)11-5-8(14)3-4-9(11)13/h3-7H,14H2,1-2H3,(H,15,16). The van der Waals surface area contributed by atoms with Crippen molar-refractivity contribution in [2.45, 2.75) is 24.7 Å². The molecule has 1 aromatic heterocycles. The second-order valence-corrected chi connectivity index (χ2v) is 7.89. The van der Waals surface area contributed by atoms with Gasteiger partial charge >= 0.3 is 0 Å². The summed E-state index contributed by atoms with van der Waals surface area (Å²) in [6.45, 7) is 4.00. The molecular formula is C12H14BrN3O2S2. The van der Waals surface area contributed by atoms with Crippen LogP contribution in [0.2, 0.25) is 0 Å². The fourth-order valence-electron chi connectivity index (χ4n) is 1.49. The Morgan fingerprint density at radius 3 is 2.70 bits per heavy atom. The molecule has 3 N–H and O–H groups in total. The molecule has 8 heteroatoms. The molecule has 2 aromatic rings. The molecule has 0 bridgehead atoms. The first-order valence-electron chi connectivity index (χ1n) is 5.83. The minimum atomic E-state index is -3.71. The zero-order chi connectivity index (χ0) is 14.9. The van der Waals surface area contributed by atoms with Gasteiger partial charge in [0.1, 0.15) is 4.90 Å². The number of aromatic nitrogens is 1.